The van der Waals surface area contributed by atoms with Crippen LogP contribution in [0.25, 0.3) is 0 Å². The van der Waals surface area contributed by atoms with Crippen molar-refractivity contribution in [3.05, 3.63) is 12.7 Å². The molecule has 0 aromatic rings. The van der Waals surface area contributed by atoms with Gasteiger partial charge in [0.05, 0.1) is 11.7 Å². The van der Waals surface area contributed by atoms with Crippen LogP contribution in [0.1, 0.15) is 33.6 Å². The molecule has 0 unspecified atom stereocenters. The van der Waals surface area contributed by atoms with Gasteiger partial charge >= 0.3 is 0 Å². The molecule has 0 aromatic heterocycles. The minimum absolute atomic E-state index is 0.0113. The van der Waals surface area contributed by atoms with Crippen LogP contribution < -0.4 is 0 Å². The van der Waals surface area contributed by atoms with Crippen molar-refractivity contribution in [1.82, 2.24) is 4.90 Å². The summed E-state index contributed by atoms with van der Waals surface area (Å²) in [5, 5.41) is 0. The highest BCUT2D eigenvalue weighted by atomic mass is 16.5. The number of hydrogen-bond donors (Lipinski definition) is 0. The Morgan fingerprint density at radius 3 is 2.73 bits per heavy atom. The third-order valence-electron chi connectivity index (χ3n) is 2.38. The first-order chi connectivity index (χ1) is 6.92. The maximum atomic E-state index is 11.4. The number of rotatable bonds is 2. The van der Waals surface area contributed by atoms with Gasteiger partial charge in [-0.05, 0) is 39.7 Å². The monoisotopic (exact) mass is 211 g/mol. The van der Waals surface area contributed by atoms with Gasteiger partial charge in [0, 0.05) is 13.1 Å². The van der Waals surface area contributed by atoms with Crippen molar-refractivity contribution in [1.29, 1.82) is 0 Å². The molecular formula is C12H21NO2. The Morgan fingerprint density at radius 1 is 1.53 bits per heavy atom. The molecule has 1 aliphatic rings. The van der Waals surface area contributed by atoms with Crippen LogP contribution in [0.5, 0.6) is 0 Å². The van der Waals surface area contributed by atoms with Crippen LogP contribution in [0.2, 0.25) is 0 Å². The molecule has 0 aromatic carbocycles. The van der Waals surface area contributed by atoms with Crippen molar-refractivity contribution in [2.45, 2.75) is 45.3 Å². The van der Waals surface area contributed by atoms with Crippen molar-refractivity contribution in [3.8, 4) is 0 Å². The van der Waals surface area contributed by atoms with Crippen molar-refractivity contribution >= 4 is 5.91 Å². The van der Waals surface area contributed by atoms with Gasteiger partial charge in [-0.2, -0.15) is 0 Å². The van der Waals surface area contributed by atoms with Gasteiger partial charge in [-0.3, -0.25) is 4.79 Å². The Morgan fingerprint density at radius 2 is 2.20 bits per heavy atom. The molecule has 0 radical (unpaired) electrons. The van der Waals surface area contributed by atoms with Crippen molar-refractivity contribution in [2.24, 2.45) is 0 Å². The van der Waals surface area contributed by atoms with Crippen LogP contribution in [0.3, 0.4) is 0 Å². The molecule has 1 atom stereocenters. The van der Waals surface area contributed by atoms with Crippen molar-refractivity contribution in [3.63, 3.8) is 0 Å². The fourth-order valence-electron chi connectivity index (χ4n) is 1.86. The fraction of sp³-hybridized carbons (Fsp3) is 0.750. The van der Waals surface area contributed by atoms with E-state index in [9.17, 15) is 4.79 Å². The molecular weight excluding hydrogens is 190 g/mol. The van der Waals surface area contributed by atoms with E-state index in [0.29, 0.717) is 6.54 Å². The Balaban J connectivity index is 2.49. The quantitative estimate of drug-likeness (QED) is 0.654. The van der Waals surface area contributed by atoms with Crippen molar-refractivity contribution < 1.29 is 9.53 Å². The van der Waals surface area contributed by atoms with E-state index in [4.69, 9.17) is 4.74 Å². The van der Waals surface area contributed by atoms with E-state index in [0.717, 1.165) is 19.4 Å². The number of likely N-dealkylation sites (tertiary alicyclic amines) is 1. The molecule has 86 valence electrons. The predicted octanol–water partition coefficient (Wildman–Crippen LogP) is 1.98. The fourth-order valence-corrected chi connectivity index (χ4v) is 1.86. The van der Waals surface area contributed by atoms with Gasteiger partial charge < -0.3 is 9.64 Å². The number of hydrogen-bond acceptors (Lipinski definition) is 2. The third-order valence-corrected chi connectivity index (χ3v) is 2.38. The summed E-state index contributed by atoms with van der Waals surface area (Å²) in [5.41, 5.74) is -0.134. The SMILES string of the molecule is C=CC(=O)N1CCC[C@@H](OC(C)(C)C)C1. The number of nitrogens with zero attached hydrogens (tertiary/aromatic N) is 1. The van der Waals surface area contributed by atoms with E-state index in [1.54, 1.807) is 0 Å². The van der Waals surface area contributed by atoms with E-state index in [1.807, 2.05) is 25.7 Å². The maximum Gasteiger partial charge on any atom is 0.246 e. The lowest BCUT2D eigenvalue weighted by Crippen LogP contribution is -2.44. The highest BCUT2D eigenvalue weighted by molar-refractivity contribution is 5.87. The molecule has 0 saturated carbocycles. The molecule has 1 saturated heterocycles. The summed E-state index contributed by atoms with van der Waals surface area (Å²) in [4.78, 5) is 13.2. The van der Waals surface area contributed by atoms with E-state index in [-0.39, 0.29) is 17.6 Å². The molecule has 1 amide bonds. The lowest BCUT2D eigenvalue weighted by Gasteiger charge is -2.35. The summed E-state index contributed by atoms with van der Waals surface area (Å²) >= 11 is 0. The average molecular weight is 211 g/mol. The van der Waals surface area contributed by atoms with Crippen molar-refractivity contribution in [2.75, 3.05) is 13.1 Å². The van der Waals surface area contributed by atoms with Gasteiger partial charge in [0.25, 0.3) is 0 Å². The standard InChI is InChI=1S/C12H21NO2/c1-5-11(14)13-8-6-7-10(9-13)15-12(2,3)4/h5,10H,1,6-9H2,2-4H3/t10-/m1/s1. The van der Waals surface area contributed by atoms with Crippen LogP contribution in [-0.4, -0.2) is 35.6 Å². The molecule has 3 nitrogen and oxygen atoms in total. The normalized spacial score (nSPS) is 22.6. The lowest BCUT2D eigenvalue weighted by molar-refractivity contribution is -0.134. The number of carbonyl (C=O) groups excluding carboxylic acids is 1. The van der Waals surface area contributed by atoms with Gasteiger partial charge in [-0.15, -0.1) is 0 Å². The zero-order valence-corrected chi connectivity index (χ0v) is 9.95. The first-order valence-electron chi connectivity index (χ1n) is 5.51. The number of amides is 1. The second kappa shape index (κ2) is 4.79. The molecule has 0 N–H and O–H groups in total. The summed E-state index contributed by atoms with van der Waals surface area (Å²) in [6, 6.07) is 0. The smallest absolute Gasteiger partial charge is 0.246 e. The Kier molecular flexibility index (Phi) is 3.91. The Labute approximate surface area is 92.1 Å². The Hall–Kier alpha value is -0.830. The van der Waals surface area contributed by atoms with Crippen LogP contribution in [0, 0.1) is 0 Å². The maximum absolute atomic E-state index is 11.4. The highest BCUT2D eigenvalue weighted by Crippen LogP contribution is 2.19. The zero-order valence-electron chi connectivity index (χ0n) is 9.95. The minimum atomic E-state index is -0.134. The van der Waals surface area contributed by atoms with Crippen LogP contribution in [-0.2, 0) is 9.53 Å². The number of ether oxygens (including phenoxy) is 1. The molecule has 0 spiro atoms. The third kappa shape index (κ3) is 4.04. The summed E-state index contributed by atoms with van der Waals surface area (Å²) in [6.45, 7) is 11.2. The zero-order chi connectivity index (χ0) is 11.5. The van der Waals surface area contributed by atoms with Gasteiger partial charge in [-0.1, -0.05) is 6.58 Å². The molecule has 3 heteroatoms. The summed E-state index contributed by atoms with van der Waals surface area (Å²) in [7, 11) is 0. The van der Waals surface area contributed by atoms with Gasteiger partial charge in [0.1, 0.15) is 0 Å². The molecule has 1 rings (SSSR count). The average Bonchev–Trinajstić information content (AvgIpc) is 2.14. The number of piperidine rings is 1. The summed E-state index contributed by atoms with van der Waals surface area (Å²) in [5.74, 6) is 0.0113. The van der Waals surface area contributed by atoms with Gasteiger partial charge in [0.15, 0.2) is 0 Å². The summed E-state index contributed by atoms with van der Waals surface area (Å²) in [6.07, 6.45) is 3.60. The van der Waals surface area contributed by atoms with Gasteiger partial charge in [0.2, 0.25) is 5.91 Å². The van der Waals surface area contributed by atoms with Crippen LogP contribution in [0.15, 0.2) is 12.7 Å². The Bertz CT molecular complexity index is 242. The molecule has 0 aliphatic carbocycles. The van der Waals surface area contributed by atoms with Crippen LogP contribution in [0.4, 0.5) is 0 Å². The highest BCUT2D eigenvalue weighted by Gasteiger charge is 2.26. The van der Waals surface area contributed by atoms with E-state index in [1.165, 1.54) is 6.08 Å². The molecule has 1 fully saturated rings. The molecule has 1 heterocycles. The second-order valence-corrected chi connectivity index (χ2v) is 4.98. The minimum Gasteiger partial charge on any atom is -0.371 e. The molecule has 15 heavy (non-hydrogen) atoms. The van der Waals surface area contributed by atoms with Crippen LogP contribution >= 0.6 is 0 Å². The van der Waals surface area contributed by atoms with E-state index >= 15 is 0 Å². The summed E-state index contributed by atoms with van der Waals surface area (Å²) < 4.78 is 5.88. The topological polar surface area (TPSA) is 29.5 Å². The number of carbonyl (C=O) groups is 1. The lowest BCUT2D eigenvalue weighted by atomic mass is 10.1. The van der Waals surface area contributed by atoms with E-state index < -0.39 is 0 Å². The van der Waals surface area contributed by atoms with Gasteiger partial charge in [-0.25, -0.2) is 0 Å². The predicted molar refractivity (Wildman–Crippen MR) is 60.6 cm³/mol. The first-order valence-corrected chi connectivity index (χ1v) is 5.51. The first kappa shape index (κ1) is 12.2. The molecule has 0 bridgehead atoms. The largest absolute Gasteiger partial charge is 0.371 e. The molecule has 1 aliphatic heterocycles. The second-order valence-electron chi connectivity index (χ2n) is 4.98. The van der Waals surface area contributed by atoms with E-state index in [2.05, 4.69) is 6.58 Å².